The fraction of sp³-hybridized carbons (Fsp3) is 0.429. The number of halogens is 3. The van der Waals surface area contributed by atoms with Crippen molar-refractivity contribution in [1.29, 1.82) is 0 Å². The molecule has 2 N–H and O–H groups in total. The predicted octanol–water partition coefficient (Wildman–Crippen LogP) is 3.51. The first-order valence-electron chi connectivity index (χ1n) is 6.47. The third kappa shape index (κ3) is 3.66. The van der Waals surface area contributed by atoms with Crippen LogP contribution in [-0.4, -0.2) is 23.5 Å². The van der Waals surface area contributed by atoms with Crippen molar-refractivity contribution in [1.82, 2.24) is 5.32 Å². The molecule has 0 spiro atoms. The first-order chi connectivity index (χ1) is 9.83. The van der Waals surface area contributed by atoms with Crippen LogP contribution in [0.4, 0.5) is 4.39 Å². The van der Waals surface area contributed by atoms with Crippen molar-refractivity contribution >= 4 is 35.1 Å². The van der Waals surface area contributed by atoms with Crippen molar-refractivity contribution in [3.63, 3.8) is 0 Å². The molecule has 1 amide bonds. The molecule has 0 bridgehead atoms. The number of nitrogens with one attached hydrogen (secondary N) is 1. The third-order valence-electron chi connectivity index (χ3n) is 3.82. The van der Waals surface area contributed by atoms with Crippen molar-refractivity contribution in [3.8, 4) is 0 Å². The molecule has 1 aromatic carbocycles. The number of carbonyl (C=O) groups is 2. The Morgan fingerprint density at radius 2 is 1.95 bits per heavy atom. The Hall–Kier alpha value is -1.33. The van der Waals surface area contributed by atoms with Gasteiger partial charge in [0.1, 0.15) is 5.82 Å². The van der Waals surface area contributed by atoms with Gasteiger partial charge in [-0.15, -0.1) is 0 Å². The van der Waals surface area contributed by atoms with Gasteiger partial charge in [-0.1, -0.05) is 29.6 Å². The second-order valence-corrected chi connectivity index (χ2v) is 6.17. The minimum atomic E-state index is -0.889. The Morgan fingerprint density at radius 1 is 1.29 bits per heavy atom. The fourth-order valence-corrected chi connectivity index (χ4v) is 2.94. The van der Waals surface area contributed by atoms with E-state index < -0.39 is 23.1 Å². The number of amides is 1. The summed E-state index contributed by atoms with van der Waals surface area (Å²) in [6.07, 6.45) is 2.46. The van der Waals surface area contributed by atoms with Crippen LogP contribution >= 0.6 is 23.2 Å². The van der Waals surface area contributed by atoms with Crippen molar-refractivity contribution < 1.29 is 19.1 Å². The maximum absolute atomic E-state index is 13.4. The fourth-order valence-electron chi connectivity index (χ4n) is 2.47. The van der Waals surface area contributed by atoms with Crippen LogP contribution in [0.5, 0.6) is 0 Å². The molecule has 0 atom stereocenters. The maximum Gasteiger partial charge on any atom is 0.303 e. The smallest absolute Gasteiger partial charge is 0.303 e. The zero-order valence-electron chi connectivity index (χ0n) is 11.1. The maximum atomic E-state index is 13.4. The molecule has 1 saturated carbocycles. The summed E-state index contributed by atoms with van der Waals surface area (Å²) in [6.45, 7) is 0.235. The second-order valence-electron chi connectivity index (χ2n) is 5.35. The zero-order valence-corrected chi connectivity index (χ0v) is 12.6. The second kappa shape index (κ2) is 6.20. The molecule has 0 heterocycles. The zero-order chi connectivity index (χ0) is 15.6. The predicted molar refractivity (Wildman–Crippen MR) is 77.3 cm³/mol. The number of hydrogen-bond acceptors (Lipinski definition) is 2. The van der Waals surface area contributed by atoms with Gasteiger partial charge < -0.3 is 10.4 Å². The van der Waals surface area contributed by atoms with Crippen LogP contribution in [0.25, 0.3) is 0 Å². The summed E-state index contributed by atoms with van der Waals surface area (Å²) >= 11 is 11.4. The standard InChI is InChI=1S/C14H14Cl2FNO3/c15-9-5-10(16)11(17)4-8(9)13(21)18-7-14(2-1-3-14)6-12(19)20/h4-5H,1-3,6-7H2,(H,18,21)(H,19,20). The van der Waals surface area contributed by atoms with Gasteiger partial charge in [-0.2, -0.15) is 0 Å². The molecular formula is C14H14Cl2FNO3. The Bertz CT molecular complexity index is 588. The quantitative estimate of drug-likeness (QED) is 0.810. The van der Waals surface area contributed by atoms with E-state index in [1.54, 1.807) is 0 Å². The highest BCUT2D eigenvalue weighted by Gasteiger charge is 2.39. The highest BCUT2D eigenvalue weighted by Crippen LogP contribution is 2.43. The molecule has 7 heteroatoms. The van der Waals surface area contributed by atoms with Crippen molar-refractivity contribution in [3.05, 3.63) is 33.6 Å². The first-order valence-corrected chi connectivity index (χ1v) is 7.23. The lowest BCUT2D eigenvalue weighted by atomic mass is 9.66. The van der Waals surface area contributed by atoms with E-state index in [-0.39, 0.29) is 28.6 Å². The average molecular weight is 334 g/mol. The summed E-state index contributed by atoms with van der Waals surface area (Å²) in [5.74, 6) is -2.15. The molecule has 0 radical (unpaired) electrons. The highest BCUT2D eigenvalue weighted by atomic mass is 35.5. The number of aliphatic carboxylic acids is 1. The van der Waals surface area contributed by atoms with Gasteiger partial charge >= 0.3 is 5.97 Å². The molecule has 4 nitrogen and oxygen atoms in total. The Labute approximate surface area is 131 Å². The summed E-state index contributed by atoms with van der Waals surface area (Å²) in [7, 11) is 0. The molecule has 0 aromatic heterocycles. The molecule has 1 aliphatic rings. The van der Waals surface area contributed by atoms with Crippen LogP contribution in [0.15, 0.2) is 12.1 Å². The van der Waals surface area contributed by atoms with E-state index in [1.165, 1.54) is 6.07 Å². The topological polar surface area (TPSA) is 66.4 Å². The van der Waals surface area contributed by atoms with Gasteiger partial charge in [0.25, 0.3) is 5.91 Å². The van der Waals surface area contributed by atoms with Crippen molar-refractivity contribution in [2.24, 2.45) is 5.41 Å². The Balaban J connectivity index is 2.05. The van der Waals surface area contributed by atoms with E-state index in [4.69, 9.17) is 28.3 Å². The van der Waals surface area contributed by atoms with E-state index in [9.17, 15) is 14.0 Å². The Kier molecular flexibility index (Phi) is 4.74. The lowest BCUT2D eigenvalue weighted by molar-refractivity contribution is -0.141. The van der Waals surface area contributed by atoms with E-state index >= 15 is 0 Å². The molecule has 0 unspecified atom stereocenters. The largest absolute Gasteiger partial charge is 0.481 e. The number of carboxylic acid groups (broad SMARTS) is 1. The van der Waals surface area contributed by atoms with Crippen LogP contribution in [0.3, 0.4) is 0 Å². The molecule has 1 fully saturated rings. The van der Waals surface area contributed by atoms with Crippen molar-refractivity contribution in [2.45, 2.75) is 25.7 Å². The summed E-state index contributed by atoms with van der Waals surface area (Å²) in [6, 6.07) is 2.15. The van der Waals surface area contributed by atoms with Crippen LogP contribution in [0, 0.1) is 11.2 Å². The van der Waals surface area contributed by atoms with E-state index in [1.807, 2.05) is 0 Å². The van der Waals surface area contributed by atoms with E-state index in [0.29, 0.717) is 0 Å². The number of carbonyl (C=O) groups excluding carboxylic acids is 1. The first kappa shape index (κ1) is 16.0. The van der Waals surface area contributed by atoms with Crippen LogP contribution < -0.4 is 5.32 Å². The molecule has 1 aromatic rings. The van der Waals surface area contributed by atoms with E-state index in [2.05, 4.69) is 5.32 Å². The van der Waals surface area contributed by atoms with Gasteiger partial charge in [-0.25, -0.2) is 4.39 Å². The number of hydrogen-bond donors (Lipinski definition) is 2. The molecule has 1 aliphatic carbocycles. The number of carboxylic acids is 1. The normalized spacial score (nSPS) is 16.1. The minimum absolute atomic E-state index is 0.00991. The van der Waals surface area contributed by atoms with Gasteiger partial charge in [0.2, 0.25) is 0 Å². The molecule has 0 saturated heterocycles. The van der Waals surface area contributed by atoms with Gasteiger partial charge in [0, 0.05) is 6.54 Å². The number of benzene rings is 1. The summed E-state index contributed by atoms with van der Waals surface area (Å²) in [4.78, 5) is 22.9. The molecular weight excluding hydrogens is 320 g/mol. The van der Waals surface area contributed by atoms with Crippen LogP contribution in [0.1, 0.15) is 36.0 Å². The number of rotatable bonds is 5. The monoisotopic (exact) mass is 333 g/mol. The third-order valence-corrected chi connectivity index (χ3v) is 4.42. The van der Waals surface area contributed by atoms with Crippen LogP contribution in [-0.2, 0) is 4.79 Å². The van der Waals surface area contributed by atoms with Gasteiger partial charge in [0.15, 0.2) is 0 Å². The minimum Gasteiger partial charge on any atom is -0.481 e. The highest BCUT2D eigenvalue weighted by molar-refractivity contribution is 6.36. The molecule has 21 heavy (non-hydrogen) atoms. The van der Waals surface area contributed by atoms with Gasteiger partial charge in [-0.3, -0.25) is 9.59 Å². The molecule has 0 aliphatic heterocycles. The summed E-state index contributed by atoms with van der Waals surface area (Å²) in [5.41, 5.74) is -0.415. The average Bonchev–Trinajstić information content (AvgIpc) is 2.36. The lowest BCUT2D eigenvalue weighted by Crippen LogP contribution is -2.43. The SMILES string of the molecule is O=C(O)CC1(CNC(=O)c2cc(F)c(Cl)cc2Cl)CCC1. The van der Waals surface area contributed by atoms with Crippen molar-refractivity contribution in [2.75, 3.05) is 6.54 Å². The van der Waals surface area contributed by atoms with Gasteiger partial charge in [-0.05, 0) is 30.4 Å². The molecule has 2 rings (SSSR count). The summed E-state index contributed by atoms with van der Waals surface area (Å²) in [5, 5.41) is 11.4. The lowest BCUT2D eigenvalue weighted by Gasteiger charge is -2.40. The Morgan fingerprint density at radius 3 is 2.48 bits per heavy atom. The van der Waals surface area contributed by atoms with E-state index in [0.717, 1.165) is 25.3 Å². The van der Waals surface area contributed by atoms with Crippen LogP contribution in [0.2, 0.25) is 10.0 Å². The van der Waals surface area contributed by atoms with Gasteiger partial charge in [0.05, 0.1) is 22.0 Å². The summed E-state index contributed by atoms with van der Waals surface area (Å²) < 4.78 is 13.4. The molecule has 114 valence electrons.